The van der Waals surface area contributed by atoms with Gasteiger partial charge in [-0.25, -0.2) is 0 Å². The lowest BCUT2D eigenvalue weighted by Crippen LogP contribution is -2.68. The van der Waals surface area contributed by atoms with Gasteiger partial charge < -0.3 is 9.47 Å². The molecule has 2 spiro atoms. The van der Waals surface area contributed by atoms with Crippen molar-refractivity contribution in [3.63, 3.8) is 0 Å². The number of benzene rings is 1. The summed E-state index contributed by atoms with van der Waals surface area (Å²) in [5.74, 6) is -0.501. The lowest BCUT2D eigenvalue weighted by Gasteiger charge is -2.59. The van der Waals surface area contributed by atoms with E-state index in [-0.39, 0.29) is 16.5 Å². The number of rotatable bonds is 4. The monoisotopic (exact) mass is 399 g/mol. The van der Waals surface area contributed by atoms with Gasteiger partial charge in [0.05, 0.1) is 19.8 Å². The van der Waals surface area contributed by atoms with E-state index in [1.807, 2.05) is 0 Å². The van der Waals surface area contributed by atoms with Crippen molar-refractivity contribution in [1.82, 2.24) is 5.06 Å². The minimum atomic E-state index is -0.501. The molecule has 3 aliphatic rings. The highest BCUT2D eigenvalue weighted by Crippen LogP contribution is 2.50. The smallest absolute Gasteiger partial charge is 0.171 e. The van der Waals surface area contributed by atoms with Crippen molar-refractivity contribution in [2.45, 2.75) is 83.1 Å². The van der Waals surface area contributed by atoms with Gasteiger partial charge in [-0.2, -0.15) is 5.06 Å². The van der Waals surface area contributed by atoms with Gasteiger partial charge in [-0.05, 0) is 58.9 Å². The number of hydrogen-bond donors (Lipinski definition) is 0. The first-order valence-corrected chi connectivity index (χ1v) is 11.1. The molecule has 0 bridgehead atoms. The summed E-state index contributed by atoms with van der Waals surface area (Å²) in [6, 6.07) is 10.5. The average Bonchev–Trinajstić information content (AvgIpc) is 2.68. The van der Waals surface area contributed by atoms with Gasteiger partial charge in [0.25, 0.3) is 0 Å². The first-order chi connectivity index (χ1) is 13.7. The van der Waals surface area contributed by atoms with E-state index >= 15 is 0 Å². The van der Waals surface area contributed by atoms with Crippen molar-refractivity contribution in [3.05, 3.63) is 48.0 Å². The van der Waals surface area contributed by atoms with Crippen LogP contribution in [0, 0.1) is 5.41 Å². The Balaban J connectivity index is 1.41. The van der Waals surface area contributed by atoms with Crippen molar-refractivity contribution in [2.24, 2.45) is 5.41 Å². The maximum atomic E-state index is 6.55. The van der Waals surface area contributed by atoms with E-state index < -0.39 is 5.79 Å². The van der Waals surface area contributed by atoms with Gasteiger partial charge in [-0.1, -0.05) is 42.5 Å². The van der Waals surface area contributed by atoms with Gasteiger partial charge in [0, 0.05) is 29.3 Å². The molecule has 0 aromatic heterocycles. The number of allylic oxidation sites excluding steroid dienone is 2. The number of nitrogens with zero attached hydrogens (tertiary/aromatic N) is 1. The third-order valence-electron chi connectivity index (χ3n) is 6.80. The first-order valence-electron chi connectivity index (χ1n) is 11.1. The molecule has 0 amide bonds. The molecule has 0 unspecified atom stereocenters. The van der Waals surface area contributed by atoms with Gasteiger partial charge in [-0.15, -0.1) is 0 Å². The Bertz CT molecular complexity index is 697. The van der Waals surface area contributed by atoms with Gasteiger partial charge in [0.15, 0.2) is 5.79 Å². The zero-order valence-electron chi connectivity index (χ0n) is 18.6. The minimum Gasteiger partial charge on any atom is -0.349 e. The molecule has 0 saturated carbocycles. The standard InChI is InChI=1S/C25H37NO3/c1-22(2)17-25(27-19-24(20-28-25)14-9-6-10-15-24)18-23(3,4)26(22)29-16-13-21-11-7-5-8-12-21/h5-9,11-12H,10,13-20H2,1-4H3. The molecule has 2 saturated heterocycles. The molecule has 4 heteroatoms. The molecule has 1 aromatic rings. The van der Waals surface area contributed by atoms with E-state index in [1.165, 1.54) is 12.0 Å². The molecule has 1 aromatic carbocycles. The quantitative estimate of drug-likeness (QED) is 0.644. The Kier molecular flexibility index (Phi) is 5.67. The Morgan fingerprint density at radius 2 is 1.59 bits per heavy atom. The van der Waals surface area contributed by atoms with Gasteiger partial charge in [0.2, 0.25) is 0 Å². The maximum Gasteiger partial charge on any atom is 0.171 e. The summed E-state index contributed by atoms with van der Waals surface area (Å²) < 4.78 is 13.1. The van der Waals surface area contributed by atoms with Crippen LogP contribution in [0.15, 0.2) is 42.5 Å². The summed E-state index contributed by atoms with van der Waals surface area (Å²) in [6.07, 6.45) is 10.5. The van der Waals surface area contributed by atoms with Crippen LogP contribution in [0.25, 0.3) is 0 Å². The zero-order chi connectivity index (χ0) is 20.6. The minimum absolute atomic E-state index is 0.171. The second kappa shape index (κ2) is 7.81. The molecule has 0 atom stereocenters. The molecule has 2 heterocycles. The van der Waals surface area contributed by atoms with Crippen molar-refractivity contribution >= 4 is 0 Å². The summed E-state index contributed by atoms with van der Waals surface area (Å²) >= 11 is 0. The fraction of sp³-hybridized carbons (Fsp3) is 0.680. The molecule has 1 aliphatic carbocycles. The highest BCUT2D eigenvalue weighted by Gasteiger charge is 2.57. The van der Waals surface area contributed by atoms with E-state index in [4.69, 9.17) is 14.3 Å². The van der Waals surface area contributed by atoms with E-state index in [0.717, 1.165) is 45.3 Å². The molecule has 2 fully saturated rings. The highest BCUT2D eigenvalue weighted by atomic mass is 16.7. The Hall–Kier alpha value is -1.20. The van der Waals surface area contributed by atoms with Crippen molar-refractivity contribution < 1.29 is 14.3 Å². The molecule has 0 radical (unpaired) electrons. The molecule has 0 N–H and O–H groups in total. The van der Waals surface area contributed by atoms with E-state index in [0.29, 0.717) is 6.61 Å². The van der Waals surface area contributed by atoms with Gasteiger partial charge in [0.1, 0.15) is 0 Å². The summed E-state index contributed by atoms with van der Waals surface area (Å²) in [7, 11) is 0. The second-order valence-corrected chi connectivity index (χ2v) is 10.5. The molecular formula is C25H37NO3. The third-order valence-corrected chi connectivity index (χ3v) is 6.80. The Morgan fingerprint density at radius 1 is 0.931 bits per heavy atom. The summed E-state index contributed by atoms with van der Waals surface area (Å²) in [5, 5.41) is 2.20. The summed E-state index contributed by atoms with van der Waals surface area (Å²) in [4.78, 5) is 6.37. The van der Waals surface area contributed by atoms with Crippen LogP contribution < -0.4 is 0 Å². The van der Waals surface area contributed by atoms with Crippen LogP contribution in [0.2, 0.25) is 0 Å². The number of ether oxygens (including phenoxy) is 2. The van der Waals surface area contributed by atoms with Crippen molar-refractivity contribution in [2.75, 3.05) is 19.8 Å². The van der Waals surface area contributed by atoms with Crippen LogP contribution >= 0.6 is 0 Å². The fourth-order valence-electron chi connectivity index (χ4n) is 5.65. The predicted octanol–water partition coefficient (Wildman–Crippen LogP) is 5.28. The molecule has 4 nitrogen and oxygen atoms in total. The summed E-state index contributed by atoms with van der Waals surface area (Å²) in [5.41, 5.74) is 1.14. The van der Waals surface area contributed by atoms with Gasteiger partial charge >= 0.3 is 0 Å². The van der Waals surface area contributed by atoms with E-state index in [9.17, 15) is 0 Å². The molecule has 2 aliphatic heterocycles. The Morgan fingerprint density at radius 3 is 2.17 bits per heavy atom. The van der Waals surface area contributed by atoms with Crippen LogP contribution in [0.3, 0.4) is 0 Å². The van der Waals surface area contributed by atoms with Crippen molar-refractivity contribution in [3.8, 4) is 0 Å². The lowest BCUT2D eigenvalue weighted by atomic mass is 9.74. The molecule has 160 valence electrons. The molecule has 4 rings (SSSR count). The molecular weight excluding hydrogens is 362 g/mol. The van der Waals surface area contributed by atoms with Crippen molar-refractivity contribution in [1.29, 1.82) is 0 Å². The van der Waals surface area contributed by atoms with Gasteiger partial charge in [-0.3, -0.25) is 4.84 Å². The van der Waals surface area contributed by atoms with Crippen LogP contribution in [0.1, 0.15) is 65.4 Å². The predicted molar refractivity (Wildman–Crippen MR) is 115 cm³/mol. The van der Waals surface area contributed by atoms with Crippen LogP contribution in [0.5, 0.6) is 0 Å². The SMILES string of the molecule is CC1(C)CC2(CC(C)(C)N1OCCc1ccccc1)OCC1(CC=CCC1)CO2. The third kappa shape index (κ3) is 4.46. The summed E-state index contributed by atoms with van der Waals surface area (Å²) in [6.45, 7) is 11.3. The van der Waals surface area contributed by atoms with E-state index in [1.54, 1.807) is 0 Å². The van der Waals surface area contributed by atoms with Crippen LogP contribution in [-0.2, 0) is 20.7 Å². The largest absolute Gasteiger partial charge is 0.349 e. The Labute approximate surface area is 176 Å². The second-order valence-electron chi connectivity index (χ2n) is 10.5. The number of piperidine rings is 1. The van der Waals surface area contributed by atoms with E-state index in [2.05, 4.69) is 75.2 Å². The first kappa shape index (κ1) is 21.0. The maximum absolute atomic E-state index is 6.55. The van der Waals surface area contributed by atoms with Crippen LogP contribution in [0.4, 0.5) is 0 Å². The molecule has 29 heavy (non-hydrogen) atoms. The number of hydroxylamine groups is 2. The topological polar surface area (TPSA) is 30.9 Å². The average molecular weight is 400 g/mol. The lowest BCUT2D eigenvalue weighted by molar-refractivity contribution is -0.382. The highest BCUT2D eigenvalue weighted by molar-refractivity contribution is 5.14. The number of hydrogen-bond acceptors (Lipinski definition) is 4. The fourth-order valence-corrected chi connectivity index (χ4v) is 5.65. The zero-order valence-corrected chi connectivity index (χ0v) is 18.6. The van der Waals surface area contributed by atoms with Crippen LogP contribution in [-0.4, -0.2) is 41.7 Å². The normalized spacial score (nSPS) is 27.3.